The van der Waals surface area contributed by atoms with Crippen LogP contribution in [0.15, 0.2) is 12.1 Å². The fourth-order valence-electron chi connectivity index (χ4n) is 1.99. The van der Waals surface area contributed by atoms with Crippen LogP contribution in [0.3, 0.4) is 0 Å². The van der Waals surface area contributed by atoms with Crippen molar-refractivity contribution in [2.24, 2.45) is 5.84 Å². The topological polar surface area (TPSA) is 66.6 Å². The molecule has 1 aliphatic rings. The molecule has 0 saturated heterocycles. The highest BCUT2D eigenvalue weighted by atomic mass is 19.4. The molecule has 0 atom stereocenters. The highest BCUT2D eigenvalue weighted by Crippen LogP contribution is 2.40. The largest absolute Gasteiger partial charge is 0.416 e. The lowest BCUT2D eigenvalue weighted by Crippen LogP contribution is -2.30. The molecule has 0 radical (unpaired) electrons. The van der Waals surface area contributed by atoms with Gasteiger partial charge in [0, 0.05) is 11.1 Å². The van der Waals surface area contributed by atoms with E-state index in [2.05, 4.69) is 0 Å². The Kier molecular flexibility index (Phi) is 3.22. The van der Waals surface area contributed by atoms with E-state index in [1.807, 2.05) is 0 Å². The lowest BCUT2D eigenvalue weighted by Gasteiger charge is -2.18. The zero-order valence-corrected chi connectivity index (χ0v) is 9.84. The quantitative estimate of drug-likeness (QED) is 0.495. The lowest BCUT2D eigenvalue weighted by atomic mass is 9.96. The van der Waals surface area contributed by atoms with Gasteiger partial charge in [-0.2, -0.15) is 22.0 Å². The Bertz CT molecular complexity index is 571. The number of carbonyl (C=O) groups excluding carboxylic acids is 1. The maximum atomic E-state index is 13.4. The van der Waals surface area contributed by atoms with E-state index in [-0.39, 0.29) is 6.07 Å². The number of alkyl halides is 5. The first-order chi connectivity index (χ1) is 9.08. The molecule has 20 heavy (non-hydrogen) atoms. The summed E-state index contributed by atoms with van der Waals surface area (Å²) in [5.74, 6) is 0.363. The summed E-state index contributed by atoms with van der Waals surface area (Å²) in [4.78, 5) is 11.6. The Morgan fingerprint density at radius 2 is 1.85 bits per heavy atom. The fourth-order valence-corrected chi connectivity index (χ4v) is 1.99. The van der Waals surface area contributed by atoms with Gasteiger partial charge in [0.05, 0.1) is 12.1 Å². The summed E-state index contributed by atoms with van der Waals surface area (Å²) in [7, 11) is 0. The summed E-state index contributed by atoms with van der Waals surface area (Å²) in [6.07, 6.45) is -4.91. The molecule has 0 saturated carbocycles. The maximum absolute atomic E-state index is 13.4. The van der Waals surface area contributed by atoms with E-state index in [9.17, 15) is 26.7 Å². The van der Waals surface area contributed by atoms with Crippen molar-refractivity contribution >= 4 is 5.91 Å². The first-order valence-corrected chi connectivity index (χ1v) is 5.38. The predicted molar refractivity (Wildman–Crippen MR) is 56.5 cm³/mol. The molecule has 1 aliphatic heterocycles. The van der Waals surface area contributed by atoms with Crippen molar-refractivity contribution in [1.29, 1.82) is 0 Å². The molecule has 1 aromatic carbocycles. The minimum atomic E-state index is -4.91. The Labute approximate surface area is 109 Å². The van der Waals surface area contributed by atoms with Gasteiger partial charge in [-0.15, -0.1) is 0 Å². The van der Waals surface area contributed by atoms with E-state index in [0.717, 1.165) is 0 Å². The average molecular weight is 296 g/mol. The van der Waals surface area contributed by atoms with E-state index < -0.39 is 53.4 Å². The summed E-state index contributed by atoms with van der Waals surface area (Å²) in [5.41, 5.74) is -3.39. The van der Waals surface area contributed by atoms with Crippen LogP contribution in [0.2, 0.25) is 0 Å². The molecule has 0 aromatic heterocycles. The van der Waals surface area contributed by atoms with E-state index in [1.54, 1.807) is 0 Å². The second-order valence-corrected chi connectivity index (χ2v) is 4.34. The third-order valence-electron chi connectivity index (χ3n) is 3.00. The van der Waals surface area contributed by atoms with Crippen molar-refractivity contribution in [3.05, 3.63) is 34.4 Å². The maximum Gasteiger partial charge on any atom is 0.416 e. The summed E-state index contributed by atoms with van der Waals surface area (Å²) < 4.78 is 65.4. The number of rotatable bonds is 2. The van der Waals surface area contributed by atoms with Crippen LogP contribution in [0.25, 0.3) is 0 Å². The first kappa shape index (κ1) is 14.7. The summed E-state index contributed by atoms with van der Waals surface area (Å²) in [5, 5.41) is 9.07. The normalized spacial score (nSPS) is 15.8. The first-order valence-electron chi connectivity index (χ1n) is 5.38. The third kappa shape index (κ3) is 2.22. The van der Waals surface area contributed by atoms with Gasteiger partial charge in [-0.1, -0.05) is 0 Å². The highest BCUT2D eigenvalue weighted by Gasteiger charge is 2.42. The van der Waals surface area contributed by atoms with Crippen LogP contribution in [-0.2, 0) is 18.6 Å². The Balaban J connectivity index is 2.70. The fraction of sp³-hybridized carbons (Fsp3) is 0.364. The number of hydrazine groups is 1. The third-order valence-corrected chi connectivity index (χ3v) is 3.00. The predicted octanol–water partition coefficient (Wildman–Crippen LogP) is 1.62. The van der Waals surface area contributed by atoms with Crippen LogP contribution < -0.4 is 5.84 Å². The lowest BCUT2D eigenvalue weighted by molar-refractivity contribution is -0.138. The van der Waals surface area contributed by atoms with E-state index in [1.165, 1.54) is 0 Å². The van der Waals surface area contributed by atoms with Gasteiger partial charge in [-0.25, -0.2) is 5.84 Å². The number of carbonyl (C=O) groups is 1. The number of fused-ring (bicyclic) bond motifs is 1. The molecule has 4 nitrogen and oxygen atoms in total. The summed E-state index contributed by atoms with van der Waals surface area (Å²) in [6, 6.07) is 0.872. The zero-order valence-electron chi connectivity index (χ0n) is 9.84. The molecule has 0 fully saturated rings. The van der Waals surface area contributed by atoms with Gasteiger partial charge in [0.2, 0.25) is 0 Å². The number of hydrogen-bond donors (Lipinski definition) is 2. The standard InChI is InChI=1S/C11H9F5N2O2/c12-10(13,4-19)5-1-6-7(3-18(17)9(6)20)8(2-5)11(14,15)16/h1-2,19H,3-4,17H2. The molecule has 0 bridgehead atoms. The Morgan fingerprint density at radius 3 is 2.35 bits per heavy atom. The smallest absolute Gasteiger partial charge is 0.390 e. The SMILES string of the molecule is NN1Cc2c(cc(C(F)(F)CO)cc2C(F)(F)F)C1=O. The van der Waals surface area contributed by atoms with Crippen LogP contribution in [0, 0.1) is 0 Å². The van der Waals surface area contributed by atoms with Gasteiger partial charge in [0.25, 0.3) is 11.8 Å². The Hall–Kier alpha value is -1.74. The second-order valence-electron chi connectivity index (χ2n) is 4.34. The van der Waals surface area contributed by atoms with Gasteiger partial charge < -0.3 is 5.11 Å². The minimum absolute atomic E-state index is 0.238. The van der Waals surface area contributed by atoms with Gasteiger partial charge in [-0.05, 0) is 17.7 Å². The summed E-state index contributed by atoms with van der Waals surface area (Å²) >= 11 is 0. The molecule has 110 valence electrons. The van der Waals surface area contributed by atoms with Crippen LogP contribution in [-0.4, -0.2) is 22.6 Å². The second kappa shape index (κ2) is 4.38. The molecule has 0 unspecified atom stereocenters. The molecule has 1 aromatic rings. The summed E-state index contributed by atoms with van der Waals surface area (Å²) in [6.45, 7) is -2.17. The number of hydrogen-bond acceptors (Lipinski definition) is 3. The minimum Gasteiger partial charge on any atom is -0.390 e. The van der Waals surface area contributed by atoms with Crippen LogP contribution in [0.5, 0.6) is 0 Å². The van der Waals surface area contributed by atoms with E-state index >= 15 is 0 Å². The zero-order chi connectivity index (χ0) is 15.3. The molecular formula is C11H9F5N2O2. The Morgan fingerprint density at radius 1 is 1.25 bits per heavy atom. The number of nitrogens with zero attached hydrogens (tertiary/aromatic N) is 1. The molecular weight excluding hydrogens is 287 g/mol. The molecule has 1 heterocycles. The molecule has 0 spiro atoms. The van der Waals surface area contributed by atoms with Gasteiger partial charge >= 0.3 is 6.18 Å². The van der Waals surface area contributed by atoms with Crippen LogP contribution in [0.4, 0.5) is 22.0 Å². The molecule has 1 amide bonds. The molecule has 9 heteroatoms. The van der Waals surface area contributed by atoms with Crippen molar-refractivity contribution in [2.45, 2.75) is 18.6 Å². The van der Waals surface area contributed by atoms with Gasteiger partial charge in [0.1, 0.15) is 6.61 Å². The number of benzene rings is 1. The number of nitrogens with two attached hydrogens (primary N) is 1. The monoisotopic (exact) mass is 296 g/mol. The van der Waals surface area contributed by atoms with Gasteiger partial charge in [-0.3, -0.25) is 9.80 Å². The molecule has 2 rings (SSSR count). The van der Waals surface area contributed by atoms with Crippen molar-refractivity contribution in [3.63, 3.8) is 0 Å². The van der Waals surface area contributed by atoms with E-state index in [4.69, 9.17) is 10.9 Å². The number of amides is 1. The number of aliphatic hydroxyl groups excluding tert-OH is 1. The number of halogens is 5. The van der Waals surface area contributed by atoms with Crippen molar-refractivity contribution in [1.82, 2.24) is 5.01 Å². The molecule has 3 N–H and O–H groups in total. The van der Waals surface area contributed by atoms with Crippen molar-refractivity contribution in [3.8, 4) is 0 Å². The number of aliphatic hydroxyl groups is 1. The average Bonchev–Trinajstić information content (AvgIpc) is 2.63. The highest BCUT2D eigenvalue weighted by molar-refractivity contribution is 5.98. The van der Waals surface area contributed by atoms with Gasteiger partial charge in [0.15, 0.2) is 0 Å². The van der Waals surface area contributed by atoms with Crippen molar-refractivity contribution in [2.75, 3.05) is 6.61 Å². The van der Waals surface area contributed by atoms with Crippen LogP contribution >= 0.6 is 0 Å². The molecule has 0 aliphatic carbocycles. The van der Waals surface area contributed by atoms with Crippen LogP contribution in [0.1, 0.15) is 27.0 Å². The van der Waals surface area contributed by atoms with Crippen molar-refractivity contribution < 1.29 is 31.9 Å². The van der Waals surface area contributed by atoms with E-state index in [0.29, 0.717) is 11.1 Å².